The van der Waals surface area contributed by atoms with Crippen molar-refractivity contribution < 1.29 is 0 Å². The monoisotopic (exact) mass is 253 g/mol. The molecule has 1 aromatic heterocycles. The quantitative estimate of drug-likeness (QED) is 0.876. The van der Waals surface area contributed by atoms with Crippen LogP contribution in [-0.4, -0.2) is 37.8 Å². The standard InChI is InChI=1S/C11H19N5S/c1-4-11(2)7-17-10(14-11)12-6-5-9-13-8-16(3)15-9/h8H,4-7H2,1-3H3,(H,12,14). The molecule has 1 N–H and O–H groups in total. The Balaban J connectivity index is 1.82. The van der Waals surface area contributed by atoms with Crippen molar-refractivity contribution in [2.24, 2.45) is 12.0 Å². The van der Waals surface area contributed by atoms with E-state index in [2.05, 4.69) is 34.2 Å². The van der Waals surface area contributed by atoms with Crippen LogP contribution in [0, 0.1) is 0 Å². The second kappa shape index (κ2) is 5.08. The molecule has 94 valence electrons. The van der Waals surface area contributed by atoms with Gasteiger partial charge in [0.2, 0.25) is 0 Å². The molecule has 0 bridgehead atoms. The number of nitrogens with one attached hydrogen (secondary N) is 1. The maximum absolute atomic E-state index is 4.55. The largest absolute Gasteiger partial charge is 0.359 e. The first-order valence-electron chi connectivity index (χ1n) is 5.91. The Hall–Kier alpha value is -1.04. The predicted molar refractivity (Wildman–Crippen MR) is 71.3 cm³/mol. The third kappa shape index (κ3) is 3.21. The average Bonchev–Trinajstić information content (AvgIpc) is 2.87. The predicted octanol–water partition coefficient (Wildman–Crippen LogP) is 1.22. The average molecular weight is 253 g/mol. The lowest BCUT2D eigenvalue weighted by molar-refractivity contribution is 0.466. The number of aromatic nitrogens is 3. The fourth-order valence-corrected chi connectivity index (χ4v) is 2.82. The minimum atomic E-state index is 0.215. The van der Waals surface area contributed by atoms with E-state index in [0.717, 1.165) is 36.1 Å². The SMILES string of the molecule is CCC1(C)CSC(=NCCc2ncn(C)n2)N1. The number of hydrogen-bond acceptors (Lipinski definition) is 4. The molecular weight excluding hydrogens is 234 g/mol. The maximum Gasteiger partial charge on any atom is 0.157 e. The summed E-state index contributed by atoms with van der Waals surface area (Å²) in [6.07, 6.45) is 3.65. The molecule has 17 heavy (non-hydrogen) atoms. The van der Waals surface area contributed by atoms with Crippen LogP contribution in [0.1, 0.15) is 26.1 Å². The van der Waals surface area contributed by atoms with Crippen LogP contribution in [0.2, 0.25) is 0 Å². The van der Waals surface area contributed by atoms with E-state index in [1.54, 1.807) is 11.0 Å². The van der Waals surface area contributed by atoms with E-state index in [0.29, 0.717) is 0 Å². The minimum absolute atomic E-state index is 0.215. The molecule has 1 saturated heterocycles. The molecule has 0 aromatic carbocycles. The van der Waals surface area contributed by atoms with Crippen molar-refractivity contribution in [2.75, 3.05) is 12.3 Å². The highest BCUT2D eigenvalue weighted by molar-refractivity contribution is 8.14. The smallest absolute Gasteiger partial charge is 0.157 e. The van der Waals surface area contributed by atoms with Gasteiger partial charge in [0.05, 0.1) is 0 Å². The van der Waals surface area contributed by atoms with E-state index in [4.69, 9.17) is 0 Å². The molecule has 5 nitrogen and oxygen atoms in total. The van der Waals surface area contributed by atoms with E-state index in [1.807, 2.05) is 18.8 Å². The van der Waals surface area contributed by atoms with Gasteiger partial charge in [-0.2, -0.15) is 5.10 Å². The van der Waals surface area contributed by atoms with Gasteiger partial charge in [-0.3, -0.25) is 9.67 Å². The molecule has 0 amide bonds. The zero-order valence-corrected chi connectivity index (χ0v) is 11.4. The lowest BCUT2D eigenvalue weighted by Crippen LogP contribution is -2.39. The van der Waals surface area contributed by atoms with Gasteiger partial charge in [0, 0.05) is 31.3 Å². The summed E-state index contributed by atoms with van der Waals surface area (Å²) in [6, 6.07) is 0. The minimum Gasteiger partial charge on any atom is -0.359 e. The fourth-order valence-electron chi connectivity index (χ4n) is 1.59. The molecule has 2 rings (SSSR count). The normalized spacial score (nSPS) is 26.4. The molecule has 1 fully saturated rings. The molecule has 2 heterocycles. The molecule has 1 aromatic rings. The second-order valence-electron chi connectivity index (χ2n) is 4.60. The van der Waals surface area contributed by atoms with Crippen LogP contribution in [-0.2, 0) is 13.5 Å². The Labute approximate surface area is 106 Å². The van der Waals surface area contributed by atoms with Crippen LogP contribution >= 0.6 is 11.8 Å². The van der Waals surface area contributed by atoms with Crippen LogP contribution in [0.15, 0.2) is 11.3 Å². The van der Waals surface area contributed by atoms with Gasteiger partial charge < -0.3 is 5.32 Å². The van der Waals surface area contributed by atoms with Crippen LogP contribution in [0.4, 0.5) is 0 Å². The first-order chi connectivity index (χ1) is 8.11. The zero-order chi connectivity index (χ0) is 12.3. The first kappa shape index (κ1) is 12.4. The van der Waals surface area contributed by atoms with Crippen molar-refractivity contribution in [1.82, 2.24) is 20.1 Å². The summed E-state index contributed by atoms with van der Waals surface area (Å²) < 4.78 is 1.72. The van der Waals surface area contributed by atoms with Crippen molar-refractivity contribution in [3.8, 4) is 0 Å². The lowest BCUT2D eigenvalue weighted by atomic mass is 10.0. The number of rotatable bonds is 4. The Bertz CT molecular complexity index is 414. The Morgan fingerprint density at radius 2 is 2.47 bits per heavy atom. The summed E-state index contributed by atoms with van der Waals surface area (Å²) in [7, 11) is 1.88. The molecule has 0 radical (unpaired) electrons. The van der Waals surface area contributed by atoms with Gasteiger partial charge in [0.1, 0.15) is 6.33 Å². The van der Waals surface area contributed by atoms with E-state index < -0.39 is 0 Å². The van der Waals surface area contributed by atoms with Crippen molar-refractivity contribution >= 4 is 16.9 Å². The molecule has 1 aliphatic heterocycles. The number of aryl methyl sites for hydroxylation is 1. The fraction of sp³-hybridized carbons (Fsp3) is 0.727. The van der Waals surface area contributed by atoms with Gasteiger partial charge >= 0.3 is 0 Å². The molecule has 1 atom stereocenters. The van der Waals surface area contributed by atoms with Crippen LogP contribution in [0.3, 0.4) is 0 Å². The molecule has 0 aliphatic carbocycles. The summed E-state index contributed by atoms with van der Waals surface area (Å²) in [4.78, 5) is 8.73. The molecule has 6 heteroatoms. The highest BCUT2D eigenvalue weighted by atomic mass is 32.2. The van der Waals surface area contributed by atoms with Crippen LogP contribution in [0.25, 0.3) is 0 Å². The Morgan fingerprint density at radius 3 is 3.06 bits per heavy atom. The number of amidine groups is 1. The van der Waals surface area contributed by atoms with E-state index in [1.165, 1.54) is 0 Å². The summed E-state index contributed by atoms with van der Waals surface area (Å²) in [5, 5.41) is 8.76. The van der Waals surface area contributed by atoms with Crippen molar-refractivity contribution in [3.05, 3.63) is 12.2 Å². The number of nitrogens with zero attached hydrogens (tertiary/aromatic N) is 4. The first-order valence-corrected chi connectivity index (χ1v) is 6.90. The summed E-state index contributed by atoms with van der Waals surface area (Å²) >= 11 is 1.81. The summed E-state index contributed by atoms with van der Waals surface area (Å²) in [5.74, 6) is 1.96. The third-order valence-corrected chi connectivity index (χ3v) is 4.24. The lowest BCUT2D eigenvalue weighted by Gasteiger charge is -2.20. The van der Waals surface area contributed by atoms with Gasteiger partial charge in [-0.25, -0.2) is 4.98 Å². The van der Waals surface area contributed by atoms with Crippen LogP contribution in [0.5, 0.6) is 0 Å². The van der Waals surface area contributed by atoms with Crippen LogP contribution < -0.4 is 5.32 Å². The highest BCUT2D eigenvalue weighted by Crippen LogP contribution is 2.25. The topological polar surface area (TPSA) is 55.1 Å². The number of aliphatic imine (C=N–C) groups is 1. The summed E-state index contributed by atoms with van der Waals surface area (Å²) in [6.45, 7) is 5.19. The van der Waals surface area contributed by atoms with Crippen molar-refractivity contribution in [3.63, 3.8) is 0 Å². The van der Waals surface area contributed by atoms with Crippen molar-refractivity contribution in [1.29, 1.82) is 0 Å². The highest BCUT2D eigenvalue weighted by Gasteiger charge is 2.30. The second-order valence-corrected chi connectivity index (χ2v) is 5.56. The number of thioether (sulfide) groups is 1. The van der Waals surface area contributed by atoms with Gasteiger partial charge in [0.15, 0.2) is 11.0 Å². The van der Waals surface area contributed by atoms with E-state index in [-0.39, 0.29) is 5.54 Å². The molecule has 0 spiro atoms. The molecular formula is C11H19N5S. The van der Waals surface area contributed by atoms with Gasteiger partial charge in [-0.05, 0) is 13.3 Å². The Kier molecular flexibility index (Phi) is 3.71. The molecule has 1 aliphatic rings. The van der Waals surface area contributed by atoms with E-state index >= 15 is 0 Å². The Morgan fingerprint density at radius 1 is 1.65 bits per heavy atom. The van der Waals surface area contributed by atoms with Gasteiger partial charge in [-0.1, -0.05) is 18.7 Å². The maximum atomic E-state index is 4.55. The number of hydrogen-bond donors (Lipinski definition) is 1. The van der Waals surface area contributed by atoms with Crippen molar-refractivity contribution in [2.45, 2.75) is 32.2 Å². The molecule has 1 unspecified atom stereocenters. The van der Waals surface area contributed by atoms with Gasteiger partial charge in [-0.15, -0.1) is 0 Å². The third-order valence-electron chi connectivity index (χ3n) is 2.95. The summed E-state index contributed by atoms with van der Waals surface area (Å²) in [5.41, 5.74) is 0.215. The van der Waals surface area contributed by atoms with E-state index in [9.17, 15) is 0 Å². The van der Waals surface area contributed by atoms with Gasteiger partial charge in [0.25, 0.3) is 0 Å². The molecule has 0 saturated carbocycles. The zero-order valence-electron chi connectivity index (χ0n) is 10.6.